The van der Waals surface area contributed by atoms with E-state index in [0.717, 1.165) is 19.9 Å². The molecule has 2 aromatic rings. The summed E-state index contributed by atoms with van der Waals surface area (Å²) in [5.74, 6) is 0.178. The van der Waals surface area contributed by atoms with Crippen LogP contribution in [0.1, 0.15) is 10.4 Å². The Morgan fingerprint density at radius 1 is 1.54 bits per heavy atom. The Kier molecular flexibility index (Phi) is 2.25. The molecule has 4 heteroatoms. The van der Waals surface area contributed by atoms with Crippen molar-refractivity contribution in [1.29, 1.82) is 0 Å². The average Bonchev–Trinajstić information content (AvgIpc) is 2.60. The first-order valence-corrected chi connectivity index (χ1v) is 5.53. The van der Waals surface area contributed by atoms with Crippen LogP contribution >= 0.6 is 33.9 Å². The summed E-state index contributed by atoms with van der Waals surface area (Å²) in [6.07, 6.45) is 0.769. The van der Waals surface area contributed by atoms with Crippen LogP contribution in [0.5, 0.6) is 5.75 Å². The van der Waals surface area contributed by atoms with Crippen molar-refractivity contribution < 1.29 is 9.90 Å². The normalized spacial score (nSPS) is 10.5. The molecular weight excluding hydrogens is 299 g/mol. The van der Waals surface area contributed by atoms with Crippen molar-refractivity contribution >= 4 is 50.3 Å². The van der Waals surface area contributed by atoms with Crippen molar-refractivity contribution in [2.24, 2.45) is 0 Å². The Hall–Kier alpha value is -0.620. The fraction of sp³-hybridized carbons (Fsp3) is 0. The molecule has 0 amide bonds. The van der Waals surface area contributed by atoms with Crippen LogP contribution in [0.3, 0.4) is 0 Å². The minimum Gasteiger partial charge on any atom is -0.507 e. The van der Waals surface area contributed by atoms with Gasteiger partial charge >= 0.3 is 0 Å². The number of hydrogen-bond donors (Lipinski definition) is 1. The van der Waals surface area contributed by atoms with Crippen molar-refractivity contribution in [2.45, 2.75) is 0 Å². The van der Waals surface area contributed by atoms with Crippen molar-refractivity contribution in [3.63, 3.8) is 0 Å². The highest BCUT2D eigenvalue weighted by Crippen LogP contribution is 2.34. The van der Waals surface area contributed by atoms with Crippen LogP contribution in [-0.2, 0) is 0 Å². The highest BCUT2D eigenvalue weighted by atomic mass is 127. The van der Waals surface area contributed by atoms with Gasteiger partial charge in [-0.2, -0.15) is 0 Å². The van der Waals surface area contributed by atoms with E-state index in [1.54, 1.807) is 0 Å². The maximum absolute atomic E-state index is 10.7. The minimum absolute atomic E-state index is 0.178. The number of aldehydes is 1. The van der Waals surface area contributed by atoms with Crippen molar-refractivity contribution in [3.8, 4) is 5.75 Å². The van der Waals surface area contributed by atoms with Crippen LogP contribution in [0, 0.1) is 3.57 Å². The van der Waals surface area contributed by atoms with Gasteiger partial charge < -0.3 is 5.11 Å². The molecule has 0 unspecified atom stereocenters. The third kappa shape index (κ3) is 1.34. The number of fused-ring (bicyclic) bond motifs is 1. The Morgan fingerprint density at radius 3 is 3.00 bits per heavy atom. The smallest absolute Gasteiger partial charge is 0.150 e. The van der Waals surface area contributed by atoms with E-state index in [2.05, 4.69) is 22.6 Å². The van der Waals surface area contributed by atoms with Crippen LogP contribution in [0.25, 0.3) is 10.1 Å². The molecule has 0 aliphatic rings. The van der Waals surface area contributed by atoms with E-state index < -0.39 is 0 Å². The molecule has 0 atom stereocenters. The molecule has 0 aliphatic heterocycles. The molecule has 13 heavy (non-hydrogen) atoms. The molecule has 1 aromatic carbocycles. The van der Waals surface area contributed by atoms with E-state index in [9.17, 15) is 9.90 Å². The van der Waals surface area contributed by atoms with Crippen LogP contribution in [0.2, 0.25) is 0 Å². The molecular formula is C9H5IO2S. The second-order valence-corrected chi connectivity index (χ2v) is 4.58. The first-order valence-electron chi connectivity index (χ1n) is 3.58. The lowest BCUT2D eigenvalue weighted by Gasteiger charge is -2.00. The zero-order valence-corrected chi connectivity index (χ0v) is 9.43. The van der Waals surface area contributed by atoms with Crippen LogP contribution in [0.15, 0.2) is 17.5 Å². The van der Waals surface area contributed by atoms with E-state index >= 15 is 0 Å². The Bertz CT molecular complexity index is 476. The number of carbonyl (C=O) groups excluding carboxylic acids is 1. The summed E-state index contributed by atoms with van der Waals surface area (Å²) in [4.78, 5) is 10.7. The average molecular weight is 304 g/mol. The summed E-state index contributed by atoms with van der Waals surface area (Å²) in [6, 6.07) is 3.40. The van der Waals surface area contributed by atoms with Gasteiger partial charge in [-0.25, -0.2) is 0 Å². The quantitative estimate of drug-likeness (QED) is 0.649. The molecule has 1 aromatic heterocycles. The van der Waals surface area contributed by atoms with E-state index in [1.165, 1.54) is 17.4 Å². The third-order valence-corrected chi connectivity index (χ3v) is 4.21. The topological polar surface area (TPSA) is 37.3 Å². The number of halogens is 1. The first kappa shape index (κ1) is 8.96. The third-order valence-electron chi connectivity index (χ3n) is 1.82. The van der Waals surface area contributed by atoms with Crippen molar-refractivity contribution in [1.82, 2.24) is 0 Å². The van der Waals surface area contributed by atoms with Gasteiger partial charge in [0, 0.05) is 10.9 Å². The number of benzene rings is 1. The monoisotopic (exact) mass is 304 g/mol. The summed E-state index contributed by atoms with van der Waals surface area (Å²) >= 11 is 3.61. The van der Waals surface area contributed by atoms with Gasteiger partial charge in [-0.3, -0.25) is 4.79 Å². The molecule has 2 nitrogen and oxygen atoms in total. The maximum Gasteiger partial charge on any atom is 0.150 e. The minimum atomic E-state index is 0.178. The number of carbonyl (C=O) groups is 1. The molecule has 1 N–H and O–H groups in total. The van der Waals surface area contributed by atoms with Crippen molar-refractivity contribution in [3.05, 3.63) is 26.6 Å². The number of aromatic hydroxyl groups is 1. The molecule has 0 spiro atoms. The lowest BCUT2D eigenvalue weighted by atomic mass is 10.1. The highest BCUT2D eigenvalue weighted by Gasteiger charge is 2.09. The summed E-state index contributed by atoms with van der Waals surface area (Å²) < 4.78 is 1.79. The lowest BCUT2D eigenvalue weighted by molar-refractivity contribution is 0.112. The van der Waals surface area contributed by atoms with E-state index in [-0.39, 0.29) is 5.75 Å². The van der Waals surface area contributed by atoms with Gasteiger partial charge in [0.05, 0.1) is 8.27 Å². The Morgan fingerprint density at radius 2 is 2.31 bits per heavy atom. The van der Waals surface area contributed by atoms with E-state index in [0.29, 0.717) is 5.56 Å². The molecule has 0 saturated heterocycles. The number of rotatable bonds is 1. The molecule has 0 radical (unpaired) electrons. The molecule has 0 fully saturated rings. The van der Waals surface area contributed by atoms with Gasteiger partial charge in [-0.1, -0.05) is 0 Å². The molecule has 0 aliphatic carbocycles. The van der Waals surface area contributed by atoms with Gasteiger partial charge in [0.25, 0.3) is 0 Å². The Labute approximate surface area is 92.3 Å². The predicted octanol–water partition coefficient (Wildman–Crippen LogP) is 3.02. The van der Waals surface area contributed by atoms with Gasteiger partial charge in [-0.15, -0.1) is 11.3 Å². The first-order chi connectivity index (χ1) is 6.24. The van der Waals surface area contributed by atoms with Gasteiger partial charge in [0.2, 0.25) is 0 Å². The second-order valence-electron chi connectivity index (χ2n) is 2.58. The van der Waals surface area contributed by atoms with Crippen LogP contribution < -0.4 is 0 Å². The predicted molar refractivity (Wildman–Crippen MR) is 61.6 cm³/mol. The van der Waals surface area contributed by atoms with E-state index in [4.69, 9.17) is 0 Å². The second kappa shape index (κ2) is 3.26. The largest absolute Gasteiger partial charge is 0.507 e. The zero-order valence-electron chi connectivity index (χ0n) is 6.45. The van der Waals surface area contributed by atoms with Gasteiger partial charge in [0.1, 0.15) is 5.75 Å². The fourth-order valence-electron chi connectivity index (χ4n) is 1.21. The van der Waals surface area contributed by atoms with Gasteiger partial charge in [-0.05, 0) is 40.1 Å². The van der Waals surface area contributed by atoms with Crippen molar-refractivity contribution in [2.75, 3.05) is 0 Å². The van der Waals surface area contributed by atoms with Crippen LogP contribution in [0.4, 0.5) is 0 Å². The molecule has 66 valence electrons. The maximum atomic E-state index is 10.7. The summed E-state index contributed by atoms with van der Waals surface area (Å²) in [6.45, 7) is 0. The van der Waals surface area contributed by atoms with Crippen LogP contribution in [-0.4, -0.2) is 11.4 Å². The molecule has 0 bridgehead atoms. The molecule has 0 saturated carbocycles. The number of phenolic OH excluding ortho intramolecular Hbond substituents is 1. The standard InChI is InChI=1S/C9H5IO2S/c10-8-7(12)3-5(4-11)6-1-2-13-9(6)8/h1-4,12H. The van der Waals surface area contributed by atoms with Gasteiger partial charge in [0.15, 0.2) is 6.29 Å². The Balaban J connectivity index is 2.95. The summed E-state index contributed by atoms with van der Waals surface area (Å²) in [7, 11) is 0. The summed E-state index contributed by atoms with van der Waals surface area (Å²) in [5, 5.41) is 12.3. The molecule has 2 rings (SSSR count). The lowest BCUT2D eigenvalue weighted by Crippen LogP contribution is -1.83. The molecule has 1 heterocycles. The number of hydrogen-bond acceptors (Lipinski definition) is 3. The number of phenols is 1. The summed E-state index contributed by atoms with van der Waals surface area (Å²) in [5.41, 5.74) is 0.550. The zero-order chi connectivity index (χ0) is 9.42. The fourth-order valence-corrected chi connectivity index (χ4v) is 2.90. The highest BCUT2D eigenvalue weighted by molar-refractivity contribution is 14.1. The van der Waals surface area contributed by atoms with E-state index in [1.807, 2.05) is 11.4 Å². The number of thiophene rings is 1. The SMILES string of the molecule is O=Cc1cc(O)c(I)c2sccc12.